The molecule has 4 nitrogen and oxygen atoms in total. The molecular formula is C15H22N2O2. The highest BCUT2D eigenvalue weighted by Crippen LogP contribution is 2.19. The minimum atomic E-state index is -0.277. The van der Waals surface area contributed by atoms with Crippen LogP contribution in [-0.2, 0) is 0 Å². The van der Waals surface area contributed by atoms with Gasteiger partial charge in [-0.25, -0.2) is 4.79 Å². The number of anilines is 1. The van der Waals surface area contributed by atoms with Gasteiger partial charge in [0.25, 0.3) is 0 Å². The summed E-state index contributed by atoms with van der Waals surface area (Å²) >= 11 is 0. The van der Waals surface area contributed by atoms with E-state index in [1.807, 2.05) is 32.0 Å². The maximum atomic E-state index is 11.9. The molecule has 1 saturated carbocycles. The van der Waals surface area contributed by atoms with E-state index in [0.29, 0.717) is 6.42 Å². The molecule has 0 radical (unpaired) electrons. The minimum absolute atomic E-state index is 0.0790. The number of rotatable bonds is 2. The Bertz CT molecular complexity index is 459. The molecule has 0 heterocycles. The van der Waals surface area contributed by atoms with E-state index in [4.69, 9.17) is 0 Å². The number of aliphatic hydroxyl groups excluding tert-OH is 1. The Labute approximate surface area is 114 Å². The molecule has 0 aromatic heterocycles. The highest BCUT2D eigenvalue weighted by atomic mass is 16.3. The van der Waals surface area contributed by atoms with Crippen LogP contribution in [0.15, 0.2) is 18.2 Å². The largest absolute Gasteiger partial charge is 0.393 e. The van der Waals surface area contributed by atoms with E-state index < -0.39 is 0 Å². The van der Waals surface area contributed by atoms with Gasteiger partial charge in [0, 0.05) is 11.7 Å². The van der Waals surface area contributed by atoms with Crippen molar-refractivity contribution < 1.29 is 9.90 Å². The summed E-state index contributed by atoms with van der Waals surface area (Å²) < 4.78 is 0. The summed E-state index contributed by atoms with van der Waals surface area (Å²) in [4.78, 5) is 11.9. The Kier molecular flexibility index (Phi) is 4.43. The molecule has 4 heteroatoms. The number of hydrogen-bond donors (Lipinski definition) is 3. The van der Waals surface area contributed by atoms with Crippen LogP contribution in [0.5, 0.6) is 0 Å². The lowest BCUT2D eigenvalue weighted by Gasteiger charge is -2.26. The first-order valence-electron chi connectivity index (χ1n) is 6.87. The van der Waals surface area contributed by atoms with E-state index >= 15 is 0 Å². The van der Waals surface area contributed by atoms with Crippen LogP contribution in [0.2, 0.25) is 0 Å². The highest BCUT2D eigenvalue weighted by molar-refractivity contribution is 5.89. The SMILES string of the molecule is Cc1ccc(NC(=O)NC2CCCC(O)C2)cc1C. The van der Waals surface area contributed by atoms with Crippen molar-refractivity contribution in [3.8, 4) is 0 Å². The molecule has 0 saturated heterocycles. The Morgan fingerprint density at radius 1 is 1.26 bits per heavy atom. The molecule has 1 aliphatic rings. The third kappa shape index (κ3) is 3.96. The van der Waals surface area contributed by atoms with Gasteiger partial charge in [0.1, 0.15) is 0 Å². The molecule has 3 N–H and O–H groups in total. The fourth-order valence-electron chi connectivity index (χ4n) is 2.47. The second-order valence-corrected chi connectivity index (χ2v) is 5.41. The summed E-state index contributed by atoms with van der Waals surface area (Å²) in [5, 5.41) is 15.3. The lowest BCUT2D eigenvalue weighted by atomic mass is 9.93. The van der Waals surface area contributed by atoms with Crippen LogP contribution in [-0.4, -0.2) is 23.3 Å². The van der Waals surface area contributed by atoms with E-state index in [-0.39, 0.29) is 18.2 Å². The molecule has 104 valence electrons. The molecule has 0 bridgehead atoms. The van der Waals surface area contributed by atoms with Gasteiger partial charge in [0.2, 0.25) is 0 Å². The zero-order valence-corrected chi connectivity index (χ0v) is 11.6. The fraction of sp³-hybridized carbons (Fsp3) is 0.533. The van der Waals surface area contributed by atoms with Crippen molar-refractivity contribution >= 4 is 11.7 Å². The Morgan fingerprint density at radius 2 is 2.05 bits per heavy atom. The molecule has 19 heavy (non-hydrogen) atoms. The van der Waals surface area contributed by atoms with Gasteiger partial charge in [-0.15, -0.1) is 0 Å². The molecular weight excluding hydrogens is 240 g/mol. The summed E-state index contributed by atoms with van der Waals surface area (Å²) in [6.07, 6.45) is 3.13. The molecule has 1 aromatic carbocycles. The maximum absolute atomic E-state index is 11.9. The minimum Gasteiger partial charge on any atom is -0.393 e. The van der Waals surface area contributed by atoms with Crippen LogP contribution in [0.25, 0.3) is 0 Å². The molecule has 2 unspecified atom stereocenters. The van der Waals surface area contributed by atoms with E-state index in [2.05, 4.69) is 10.6 Å². The molecule has 0 aliphatic heterocycles. The predicted octanol–water partition coefficient (Wildman–Crippen LogP) is 2.73. The van der Waals surface area contributed by atoms with Crippen LogP contribution in [0.4, 0.5) is 10.5 Å². The smallest absolute Gasteiger partial charge is 0.319 e. The van der Waals surface area contributed by atoms with Gasteiger partial charge in [0.05, 0.1) is 6.10 Å². The van der Waals surface area contributed by atoms with Gasteiger partial charge in [-0.3, -0.25) is 0 Å². The second-order valence-electron chi connectivity index (χ2n) is 5.41. The maximum Gasteiger partial charge on any atom is 0.319 e. The van der Waals surface area contributed by atoms with Gasteiger partial charge in [0.15, 0.2) is 0 Å². The number of urea groups is 1. The normalized spacial score (nSPS) is 22.9. The van der Waals surface area contributed by atoms with Gasteiger partial charge in [-0.1, -0.05) is 6.07 Å². The van der Waals surface area contributed by atoms with E-state index in [0.717, 1.165) is 30.5 Å². The predicted molar refractivity (Wildman–Crippen MR) is 76.3 cm³/mol. The van der Waals surface area contributed by atoms with Gasteiger partial charge >= 0.3 is 6.03 Å². The lowest BCUT2D eigenvalue weighted by Crippen LogP contribution is -2.41. The number of aryl methyl sites for hydroxylation is 2. The summed E-state index contributed by atoms with van der Waals surface area (Å²) in [5.74, 6) is 0. The van der Waals surface area contributed by atoms with Gasteiger partial charge < -0.3 is 15.7 Å². The average Bonchev–Trinajstić information content (AvgIpc) is 2.34. The highest BCUT2D eigenvalue weighted by Gasteiger charge is 2.21. The average molecular weight is 262 g/mol. The number of hydrogen-bond acceptors (Lipinski definition) is 2. The Morgan fingerprint density at radius 3 is 2.74 bits per heavy atom. The first kappa shape index (κ1) is 13.9. The standard InChI is InChI=1S/C15H22N2O2/c1-10-6-7-13(8-11(10)2)17-15(19)16-12-4-3-5-14(18)9-12/h6-8,12,14,18H,3-5,9H2,1-2H3,(H2,16,17,19). The number of nitrogens with one attached hydrogen (secondary N) is 2. The molecule has 2 amide bonds. The van der Waals surface area contributed by atoms with Crippen LogP contribution in [0, 0.1) is 13.8 Å². The van der Waals surface area contributed by atoms with Crippen molar-refractivity contribution in [3.63, 3.8) is 0 Å². The third-order valence-corrected chi connectivity index (χ3v) is 3.75. The molecule has 2 atom stereocenters. The van der Waals surface area contributed by atoms with E-state index in [1.54, 1.807) is 0 Å². The van der Waals surface area contributed by atoms with Gasteiger partial charge in [-0.2, -0.15) is 0 Å². The summed E-state index contributed by atoms with van der Waals surface area (Å²) in [6.45, 7) is 4.07. The zero-order valence-electron chi connectivity index (χ0n) is 11.6. The number of amides is 2. The van der Waals surface area contributed by atoms with E-state index in [1.165, 1.54) is 5.56 Å². The molecule has 1 aliphatic carbocycles. The van der Waals surface area contributed by atoms with Crippen molar-refractivity contribution in [2.75, 3.05) is 5.32 Å². The van der Waals surface area contributed by atoms with Crippen molar-refractivity contribution in [2.45, 2.75) is 51.7 Å². The zero-order chi connectivity index (χ0) is 13.8. The van der Waals surface area contributed by atoms with Crippen molar-refractivity contribution in [1.29, 1.82) is 0 Å². The molecule has 0 spiro atoms. The molecule has 1 aromatic rings. The molecule has 2 rings (SSSR count). The van der Waals surface area contributed by atoms with Crippen LogP contribution in [0.1, 0.15) is 36.8 Å². The van der Waals surface area contributed by atoms with Crippen LogP contribution >= 0.6 is 0 Å². The first-order chi connectivity index (χ1) is 9.04. The van der Waals surface area contributed by atoms with Gasteiger partial charge in [-0.05, 0) is 62.8 Å². The number of aliphatic hydroxyl groups is 1. The summed E-state index contributed by atoms with van der Waals surface area (Å²) in [5.41, 5.74) is 3.17. The first-order valence-corrected chi connectivity index (χ1v) is 6.87. The quantitative estimate of drug-likeness (QED) is 0.767. The summed E-state index contributed by atoms with van der Waals surface area (Å²) in [6, 6.07) is 5.75. The van der Waals surface area contributed by atoms with Crippen LogP contribution in [0.3, 0.4) is 0 Å². The van der Waals surface area contributed by atoms with Crippen LogP contribution < -0.4 is 10.6 Å². The topological polar surface area (TPSA) is 61.4 Å². The number of benzene rings is 1. The summed E-state index contributed by atoms with van der Waals surface area (Å²) in [7, 11) is 0. The fourth-order valence-corrected chi connectivity index (χ4v) is 2.47. The van der Waals surface area contributed by atoms with Crippen molar-refractivity contribution in [3.05, 3.63) is 29.3 Å². The van der Waals surface area contributed by atoms with Crippen molar-refractivity contribution in [2.24, 2.45) is 0 Å². The lowest BCUT2D eigenvalue weighted by molar-refractivity contribution is 0.114. The third-order valence-electron chi connectivity index (χ3n) is 3.75. The number of carbonyl (C=O) groups excluding carboxylic acids is 1. The monoisotopic (exact) mass is 262 g/mol. The van der Waals surface area contributed by atoms with Crippen molar-refractivity contribution in [1.82, 2.24) is 5.32 Å². The Hall–Kier alpha value is -1.55. The molecule has 1 fully saturated rings. The second kappa shape index (κ2) is 6.06. The Balaban J connectivity index is 1.88. The number of carbonyl (C=O) groups is 1. The van der Waals surface area contributed by atoms with E-state index in [9.17, 15) is 9.90 Å².